The minimum absolute atomic E-state index is 0.0235. The van der Waals surface area contributed by atoms with E-state index in [0.717, 1.165) is 48.0 Å². The van der Waals surface area contributed by atoms with E-state index < -0.39 is 40.4 Å². The summed E-state index contributed by atoms with van der Waals surface area (Å²) in [5.41, 5.74) is 2.71. The molecule has 0 aliphatic carbocycles. The zero-order valence-electron chi connectivity index (χ0n) is 41.1. The number of allylic oxidation sites excluding steroid dienone is 2. The van der Waals surface area contributed by atoms with Gasteiger partial charge in [-0.15, -0.1) is 0 Å². The number of hydrogen-bond acceptors (Lipinski definition) is 12. The molecule has 0 saturated carbocycles. The molecule has 2 amide bonds. The number of nitrogens with one attached hydrogen (secondary N) is 1. The Labute approximate surface area is 395 Å². The van der Waals surface area contributed by atoms with E-state index in [0.29, 0.717) is 85.0 Å². The summed E-state index contributed by atoms with van der Waals surface area (Å²) < 4.78 is 43.8. The van der Waals surface area contributed by atoms with Crippen LogP contribution in [0.1, 0.15) is 122 Å². The topological polar surface area (TPSA) is 151 Å². The fraction of sp³-hybridized carbons (Fsp3) is 0.510. The van der Waals surface area contributed by atoms with E-state index >= 15 is 0 Å². The lowest BCUT2D eigenvalue weighted by Crippen LogP contribution is -2.47. The number of fused-ring (bicyclic) bond motifs is 2. The Balaban J connectivity index is 0.00000131. The number of anilines is 3. The summed E-state index contributed by atoms with van der Waals surface area (Å²) >= 11 is 0. The number of halogens is 2. The van der Waals surface area contributed by atoms with Gasteiger partial charge in [0.05, 0.1) is 53.3 Å². The van der Waals surface area contributed by atoms with Crippen LogP contribution in [0.2, 0.25) is 0 Å². The molecule has 0 unspecified atom stereocenters. The van der Waals surface area contributed by atoms with Crippen molar-refractivity contribution >= 4 is 40.8 Å². The number of benzene rings is 1. The number of piperidine rings is 1. The Morgan fingerprint density at radius 2 is 1.64 bits per heavy atom. The van der Waals surface area contributed by atoms with Crippen LogP contribution in [0.4, 0.5) is 30.8 Å². The average Bonchev–Trinajstić information content (AvgIpc) is 3.83. The molecule has 4 aromatic rings. The van der Waals surface area contributed by atoms with Crippen LogP contribution in [0, 0.1) is 5.82 Å². The number of nitrogens with zero attached hydrogens (tertiary/aromatic N) is 6. The predicted molar refractivity (Wildman–Crippen MR) is 260 cm³/mol. The average molecular weight is 932 g/mol. The second-order valence-electron chi connectivity index (χ2n) is 18.8. The normalized spacial score (nSPS) is 14.4. The Morgan fingerprint density at radius 1 is 0.985 bits per heavy atom. The quantitative estimate of drug-likeness (QED) is 0.0625. The van der Waals surface area contributed by atoms with Crippen LogP contribution < -0.4 is 10.2 Å². The highest BCUT2D eigenvalue weighted by Crippen LogP contribution is 2.39. The van der Waals surface area contributed by atoms with Crippen molar-refractivity contribution in [3.63, 3.8) is 0 Å². The van der Waals surface area contributed by atoms with Crippen molar-refractivity contribution in [3.8, 4) is 11.3 Å². The highest BCUT2D eigenvalue weighted by molar-refractivity contribution is 6.11. The first-order valence-electron chi connectivity index (χ1n) is 23.1. The molecule has 2 aliphatic rings. The van der Waals surface area contributed by atoms with Gasteiger partial charge in [-0.05, 0) is 117 Å². The van der Waals surface area contributed by atoms with Crippen LogP contribution >= 0.6 is 0 Å². The number of rotatable bonds is 16. The van der Waals surface area contributed by atoms with E-state index in [-0.39, 0.29) is 19.1 Å². The number of carbonyl (C=O) groups excluding carboxylic acids is 3. The molecule has 3 aromatic heterocycles. The molecule has 1 fully saturated rings. The maximum absolute atomic E-state index is 14.1. The number of unbranched alkanes of at least 4 members (excludes halogenated alkanes) is 3. The fourth-order valence-electron chi connectivity index (χ4n) is 7.58. The molecule has 2 N–H and O–H groups in total. The second-order valence-corrected chi connectivity index (χ2v) is 18.8. The Hall–Kier alpha value is -5.71. The minimum atomic E-state index is -0.921. The van der Waals surface area contributed by atoms with E-state index in [1.165, 1.54) is 12.1 Å². The summed E-state index contributed by atoms with van der Waals surface area (Å²) in [5.74, 6) is -1.04. The molecule has 1 aromatic carbocycles. The summed E-state index contributed by atoms with van der Waals surface area (Å²) in [4.78, 5) is 54.2. The van der Waals surface area contributed by atoms with Crippen molar-refractivity contribution < 1.29 is 42.5 Å². The van der Waals surface area contributed by atoms with E-state index in [2.05, 4.69) is 28.4 Å². The predicted octanol–water partition coefficient (Wildman–Crippen LogP) is 10.6. The number of imidazole rings is 1. The van der Waals surface area contributed by atoms with E-state index in [9.17, 15) is 28.3 Å². The highest BCUT2D eigenvalue weighted by atomic mass is 19.1. The first-order chi connectivity index (χ1) is 31.6. The molecule has 16 heteroatoms. The molecule has 14 nitrogen and oxygen atoms in total. The monoisotopic (exact) mass is 932 g/mol. The number of imide groups is 1. The molecule has 2 aliphatic heterocycles. The van der Waals surface area contributed by atoms with Crippen molar-refractivity contribution in [2.24, 2.45) is 0 Å². The van der Waals surface area contributed by atoms with Gasteiger partial charge >= 0.3 is 12.1 Å². The van der Waals surface area contributed by atoms with Crippen LogP contribution in [0.15, 0.2) is 73.9 Å². The molecule has 366 valence electrons. The fourth-order valence-corrected chi connectivity index (χ4v) is 7.58. The lowest BCUT2D eigenvalue weighted by Gasteiger charge is -2.39. The Kier molecular flexibility index (Phi) is 19.2. The van der Waals surface area contributed by atoms with Gasteiger partial charge in [0.1, 0.15) is 34.3 Å². The van der Waals surface area contributed by atoms with Crippen LogP contribution in [-0.2, 0) is 32.1 Å². The van der Waals surface area contributed by atoms with Crippen molar-refractivity contribution in [2.45, 2.75) is 130 Å². The zero-order valence-corrected chi connectivity index (χ0v) is 41.1. The minimum Gasteiger partial charge on any atom is -0.460 e. The molecule has 0 bridgehead atoms. The number of aromatic nitrogens is 3. The third-order valence-corrected chi connectivity index (χ3v) is 10.6. The maximum Gasteiger partial charge on any atom is 0.417 e. The molecule has 5 heterocycles. The van der Waals surface area contributed by atoms with Crippen molar-refractivity contribution in [3.05, 3.63) is 96.5 Å². The van der Waals surface area contributed by atoms with E-state index in [4.69, 9.17) is 19.2 Å². The molecule has 0 spiro atoms. The number of hydrogen-bond donors (Lipinski definition) is 2. The highest BCUT2D eigenvalue weighted by Gasteiger charge is 2.39. The largest absolute Gasteiger partial charge is 0.460 e. The van der Waals surface area contributed by atoms with Crippen LogP contribution in [0.3, 0.4) is 0 Å². The molecular weight excluding hydrogens is 861 g/mol. The Bertz CT molecular complexity index is 2340. The smallest absolute Gasteiger partial charge is 0.417 e. The van der Waals surface area contributed by atoms with Gasteiger partial charge in [-0.1, -0.05) is 45.9 Å². The van der Waals surface area contributed by atoms with Crippen molar-refractivity contribution in [1.29, 1.82) is 0 Å². The van der Waals surface area contributed by atoms with Crippen molar-refractivity contribution in [2.75, 3.05) is 50.6 Å². The number of pyridine rings is 2. The van der Waals surface area contributed by atoms with Gasteiger partial charge in [-0.3, -0.25) is 14.0 Å². The summed E-state index contributed by atoms with van der Waals surface area (Å²) in [5, 5.41) is 14.8. The molecule has 0 atom stereocenters. The third-order valence-electron chi connectivity index (χ3n) is 10.6. The van der Waals surface area contributed by atoms with Crippen LogP contribution in [0.25, 0.3) is 16.9 Å². The molecule has 6 rings (SSSR count). The van der Waals surface area contributed by atoms with Gasteiger partial charge in [0.25, 0.3) is 5.91 Å². The SMILES string of the molecule is C=CC(=C)F.CC.CN(C)Cc1nc(Nc2ccc(-c3cnc4cc(F)ccn34)c3c2C(=O)N(C(=O)OC(C)(C)C)C3)ccc1N1CCC(O)(COCCCCCCC(=O)OC(C)(C)C)CC1. The molecule has 1 saturated heterocycles. The van der Waals surface area contributed by atoms with Gasteiger partial charge in [0.2, 0.25) is 0 Å². The van der Waals surface area contributed by atoms with E-state index in [1.807, 2.05) is 71.8 Å². The van der Waals surface area contributed by atoms with Gasteiger partial charge < -0.3 is 34.4 Å². The van der Waals surface area contributed by atoms with Crippen LogP contribution in [-0.4, -0.2) is 104 Å². The number of ether oxygens (including phenoxy) is 3. The Morgan fingerprint density at radius 3 is 2.27 bits per heavy atom. The first kappa shape index (κ1) is 53.9. The van der Waals surface area contributed by atoms with Crippen molar-refractivity contribution in [1.82, 2.24) is 24.2 Å². The summed E-state index contributed by atoms with van der Waals surface area (Å²) in [6, 6.07) is 10.2. The number of aliphatic hydroxyl groups is 1. The second kappa shape index (κ2) is 23.8. The lowest BCUT2D eigenvalue weighted by atomic mass is 9.92. The van der Waals surface area contributed by atoms with Gasteiger partial charge in [0, 0.05) is 50.5 Å². The van der Waals surface area contributed by atoms with Gasteiger partial charge in [-0.2, -0.15) is 0 Å². The summed E-state index contributed by atoms with van der Waals surface area (Å²) in [6.07, 6.45) is 8.55. The molecular formula is C51H71F2N7O7. The van der Waals surface area contributed by atoms with Gasteiger partial charge in [-0.25, -0.2) is 28.4 Å². The molecule has 67 heavy (non-hydrogen) atoms. The maximum atomic E-state index is 14.1. The van der Waals surface area contributed by atoms with E-state index in [1.54, 1.807) is 43.6 Å². The lowest BCUT2D eigenvalue weighted by molar-refractivity contribution is -0.154. The number of amides is 2. The van der Waals surface area contributed by atoms with Gasteiger partial charge in [0.15, 0.2) is 0 Å². The standard InChI is InChI=1S/C45H60FN7O7.C4H5F.C2H6/c1-43(2,3)59-39(54)13-11-9-10-12-24-58-29-45(57)19-22-51(23-20-45)35-16-17-37(49-34(35)28-50(7)8)48-33-15-14-31(36-26-47-38-25-30(46)18-21-52(36)38)32-27-53(41(55)40(32)33)42(56)60-44(4,5)6;1-3-4(2)5;1-2/h14-18,21,25-26,57H,9-13,19-20,22-24,27-29H2,1-8H3,(H,48,49);3H,1-2H2;1-2H3. The summed E-state index contributed by atoms with van der Waals surface area (Å²) in [6.45, 7) is 23.4. The summed E-state index contributed by atoms with van der Waals surface area (Å²) in [7, 11) is 3.95. The third kappa shape index (κ3) is 15.7. The number of esters is 1. The molecule has 0 radical (unpaired) electrons. The van der Waals surface area contributed by atoms with Crippen LogP contribution in [0.5, 0.6) is 0 Å². The first-order valence-corrected chi connectivity index (χ1v) is 23.1. The number of carbonyl (C=O) groups is 3. The zero-order chi connectivity index (χ0) is 49.7.